The van der Waals surface area contributed by atoms with Crippen LogP contribution >= 0.6 is 21.6 Å². The Bertz CT molecular complexity index is 1260. The molecule has 0 spiro atoms. The number of carbonyl (C=O) groups excluding carboxylic acids is 2. The van der Waals surface area contributed by atoms with Gasteiger partial charge in [-0.2, -0.15) is 0 Å². The van der Waals surface area contributed by atoms with Gasteiger partial charge < -0.3 is 19.7 Å². The molecule has 294 valence electrons. The van der Waals surface area contributed by atoms with Gasteiger partial charge in [-0.15, -0.1) is 0 Å². The average Bonchev–Trinajstić information content (AvgIpc) is 3.01. The van der Waals surface area contributed by atoms with Crippen molar-refractivity contribution < 1.29 is 29.3 Å². The van der Waals surface area contributed by atoms with Crippen molar-refractivity contribution in [3.63, 3.8) is 0 Å². The largest absolute Gasteiger partial charge is 0.507 e. The number of carbonyl (C=O) groups is 2. The van der Waals surface area contributed by atoms with Gasteiger partial charge in [0.15, 0.2) is 0 Å². The number of phenols is 2. The molecule has 0 aliphatic rings. The molecule has 2 aromatic carbocycles. The predicted molar refractivity (Wildman–Crippen MR) is 222 cm³/mol. The molecular weight excluding hydrogens is 689 g/mol. The van der Waals surface area contributed by atoms with Crippen molar-refractivity contribution in [2.75, 3.05) is 24.7 Å². The van der Waals surface area contributed by atoms with Crippen LogP contribution in [0.3, 0.4) is 0 Å². The molecule has 0 radical (unpaired) electrons. The lowest BCUT2D eigenvalue weighted by atomic mass is 9.78. The SMILES string of the molecule is CC(C)(C)c1cc(CCCOC(=O)CCCCSSCCCCC(=O)OCCCc2cc(C(C)(C)C)c(O)c(C(C)(C)C)c2)cc(C(C)(C)C)c1O. The van der Waals surface area contributed by atoms with Gasteiger partial charge in [0, 0.05) is 24.3 Å². The minimum Gasteiger partial charge on any atom is -0.507 e. The Hall–Kier alpha value is -2.32. The zero-order valence-corrected chi connectivity index (χ0v) is 36.2. The van der Waals surface area contributed by atoms with Crippen LogP contribution in [0.4, 0.5) is 0 Å². The Morgan fingerprint density at radius 2 is 0.788 bits per heavy atom. The number of aromatic hydroxyl groups is 2. The first-order valence-electron chi connectivity index (χ1n) is 19.3. The number of hydrogen-bond donors (Lipinski definition) is 2. The number of esters is 2. The van der Waals surface area contributed by atoms with Gasteiger partial charge in [0.1, 0.15) is 11.5 Å². The third-order valence-corrected chi connectivity index (χ3v) is 11.7. The standard InChI is InChI=1S/C44H70O6S2/c1-41(2,3)33-27-31(28-34(39(33)47)42(4,5)6)19-17-23-49-37(45)21-13-15-25-51-52-26-16-14-22-38(46)50-24-18-20-32-29-35(43(7,8)9)40(48)36(30-32)44(10,11)12/h27-30,47-48H,13-26H2,1-12H3. The van der Waals surface area contributed by atoms with E-state index in [1.54, 1.807) is 0 Å². The second-order valence-electron chi connectivity index (χ2n) is 18.3. The molecule has 0 saturated carbocycles. The molecule has 0 aromatic heterocycles. The van der Waals surface area contributed by atoms with E-state index in [0.717, 1.165) is 85.1 Å². The second-order valence-corrected chi connectivity index (χ2v) is 21.0. The van der Waals surface area contributed by atoms with Crippen LogP contribution in [0.15, 0.2) is 24.3 Å². The molecule has 2 aromatic rings. The van der Waals surface area contributed by atoms with Crippen LogP contribution in [0, 0.1) is 0 Å². The van der Waals surface area contributed by atoms with Gasteiger partial charge in [0.2, 0.25) is 0 Å². The third-order valence-electron chi connectivity index (χ3n) is 9.12. The van der Waals surface area contributed by atoms with E-state index in [0.29, 0.717) is 37.6 Å². The highest BCUT2D eigenvalue weighted by atomic mass is 33.1. The number of aryl methyl sites for hydroxylation is 2. The summed E-state index contributed by atoms with van der Waals surface area (Å²) in [7, 11) is 3.65. The van der Waals surface area contributed by atoms with E-state index in [4.69, 9.17) is 9.47 Å². The highest BCUT2D eigenvalue weighted by molar-refractivity contribution is 8.76. The molecule has 0 heterocycles. The zero-order chi connectivity index (χ0) is 39.3. The Morgan fingerprint density at radius 1 is 0.500 bits per heavy atom. The highest BCUT2D eigenvalue weighted by Crippen LogP contribution is 2.41. The molecule has 2 rings (SSSR count). The molecule has 0 atom stereocenters. The highest BCUT2D eigenvalue weighted by Gasteiger charge is 2.28. The fourth-order valence-corrected chi connectivity index (χ4v) is 8.31. The molecule has 52 heavy (non-hydrogen) atoms. The van der Waals surface area contributed by atoms with Gasteiger partial charge in [0.25, 0.3) is 0 Å². The third kappa shape index (κ3) is 16.0. The normalized spacial score (nSPS) is 12.6. The van der Waals surface area contributed by atoms with Crippen LogP contribution < -0.4 is 0 Å². The van der Waals surface area contributed by atoms with Crippen molar-refractivity contribution in [1.29, 1.82) is 0 Å². The van der Waals surface area contributed by atoms with Crippen LogP contribution in [0.2, 0.25) is 0 Å². The summed E-state index contributed by atoms with van der Waals surface area (Å²) in [5, 5.41) is 21.9. The number of rotatable bonds is 19. The maximum Gasteiger partial charge on any atom is 0.305 e. The number of phenolic OH excluding ortho intramolecular Hbond substituents is 2. The molecule has 2 N–H and O–H groups in total. The van der Waals surface area contributed by atoms with Crippen molar-refractivity contribution >= 4 is 33.5 Å². The first kappa shape index (κ1) is 45.8. The molecule has 0 aliphatic carbocycles. The summed E-state index contributed by atoms with van der Waals surface area (Å²) >= 11 is 0. The van der Waals surface area contributed by atoms with Gasteiger partial charge in [0.05, 0.1) is 13.2 Å². The molecule has 6 nitrogen and oxygen atoms in total. The Kier molecular flexibility index (Phi) is 18.0. The summed E-state index contributed by atoms with van der Waals surface area (Å²) in [6.07, 6.45) is 7.58. The quantitative estimate of drug-likeness (QED) is 0.0831. The second kappa shape index (κ2) is 20.4. The van der Waals surface area contributed by atoms with Crippen LogP contribution in [-0.2, 0) is 53.6 Å². The monoisotopic (exact) mass is 758 g/mol. The lowest BCUT2D eigenvalue weighted by molar-refractivity contribution is -0.144. The van der Waals surface area contributed by atoms with Crippen molar-refractivity contribution in [3.8, 4) is 11.5 Å². The van der Waals surface area contributed by atoms with Gasteiger partial charge in [-0.1, -0.05) is 129 Å². The van der Waals surface area contributed by atoms with Gasteiger partial charge in [-0.05, 0) is 106 Å². The van der Waals surface area contributed by atoms with Crippen molar-refractivity contribution in [3.05, 3.63) is 57.6 Å². The van der Waals surface area contributed by atoms with Crippen molar-refractivity contribution in [1.82, 2.24) is 0 Å². The van der Waals surface area contributed by atoms with Gasteiger partial charge >= 0.3 is 11.9 Å². The predicted octanol–water partition coefficient (Wildman–Crippen LogP) is 11.7. The lowest BCUT2D eigenvalue weighted by Crippen LogP contribution is -2.18. The number of ether oxygens (including phenoxy) is 2. The summed E-state index contributed by atoms with van der Waals surface area (Å²) in [6, 6.07) is 8.40. The van der Waals surface area contributed by atoms with Crippen LogP contribution in [0.1, 0.15) is 168 Å². The van der Waals surface area contributed by atoms with E-state index in [2.05, 4.69) is 107 Å². The summed E-state index contributed by atoms with van der Waals surface area (Å²) in [5.74, 6) is 2.50. The van der Waals surface area contributed by atoms with E-state index in [9.17, 15) is 19.8 Å². The maximum atomic E-state index is 12.3. The van der Waals surface area contributed by atoms with E-state index in [1.807, 2.05) is 21.6 Å². The summed E-state index contributed by atoms with van der Waals surface area (Å²) in [4.78, 5) is 24.5. The zero-order valence-electron chi connectivity index (χ0n) is 34.6. The Labute approximate surface area is 324 Å². The summed E-state index contributed by atoms with van der Waals surface area (Å²) in [6.45, 7) is 26.2. The molecule has 8 heteroatoms. The summed E-state index contributed by atoms with van der Waals surface area (Å²) in [5.41, 5.74) is 5.54. The minimum absolute atomic E-state index is 0.134. The maximum absolute atomic E-state index is 12.3. The molecule has 0 saturated heterocycles. The first-order chi connectivity index (χ1) is 24.0. The van der Waals surface area contributed by atoms with Gasteiger partial charge in [-0.3, -0.25) is 9.59 Å². The molecular formula is C44H70O6S2. The smallest absolute Gasteiger partial charge is 0.305 e. The molecule has 0 amide bonds. The molecule has 0 aliphatic heterocycles. The summed E-state index contributed by atoms with van der Waals surface area (Å²) < 4.78 is 11.0. The molecule has 0 bridgehead atoms. The van der Waals surface area contributed by atoms with E-state index >= 15 is 0 Å². The van der Waals surface area contributed by atoms with Gasteiger partial charge in [-0.25, -0.2) is 0 Å². The molecule has 0 unspecified atom stereocenters. The fourth-order valence-electron chi connectivity index (χ4n) is 6.01. The Morgan fingerprint density at radius 3 is 1.06 bits per heavy atom. The lowest BCUT2D eigenvalue weighted by Gasteiger charge is -2.28. The Balaban J connectivity index is 1.54. The average molecular weight is 759 g/mol. The van der Waals surface area contributed by atoms with Crippen molar-refractivity contribution in [2.45, 2.75) is 169 Å². The van der Waals surface area contributed by atoms with Crippen molar-refractivity contribution in [2.24, 2.45) is 0 Å². The van der Waals surface area contributed by atoms with Crippen LogP contribution in [-0.4, -0.2) is 46.9 Å². The molecule has 0 fully saturated rings. The topological polar surface area (TPSA) is 93.1 Å². The first-order valence-corrected chi connectivity index (χ1v) is 21.8. The van der Waals surface area contributed by atoms with E-state index < -0.39 is 0 Å². The fraction of sp³-hybridized carbons (Fsp3) is 0.682. The number of benzene rings is 2. The van der Waals surface area contributed by atoms with Crippen LogP contribution in [0.25, 0.3) is 0 Å². The van der Waals surface area contributed by atoms with Crippen LogP contribution in [0.5, 0.6) is 11.5 Å². The minimum atomic E-state index is -0.160. The van der Waals surface area contributed by atoms with E-state index in [-0.39, 0.29) is 33.6 Å². The number of unbranched alkanes of at least 4 members (excludes halogenated alkanes) is 2. The number of hydrogen-bond acceptors (Lipinski definition) is 8. The van der Waals surface area contributed by atoms with E-state index in [1.165, 1.54) is 11.1 Å².